The number of hydrogen-bond donors (Lipinski definition) is 0. The van der Waals surface area contributed by atoms with Crippen LogP contribution in [0.3, 0.4) is 0 Å². The van der Waals surface area contributed by atoms with Crippen molar-refractivity contribution in [2.45, 2.75) is 33.3 Å². The molecule has 0 unspecified atom stereocenters. The van der Waals surface area contributed by atoms with E-state index in [1.165, 1.54) is 4.90 Å². The molecule has 2 aromatic rings. The lowest BCUT2D eigenvalue weighted by Gasteiger charge is -2.26. The second-order valence-corrected chi connectivity index (χ2v) is 7.75. The molecule has 6 heteroatoms. The molecule has 4 nitrogen and oxygen atoms in total. The van der Waals surface area contributed by atoms with Crippen LogP contribution in [0, 0.1) is 3.57 Å². The molecule has 1 aromatic heterocycles. The maximum absolute atomic E-state index is 12.4. The highest BCUT2D eigenvalue weighted by Crippen LogP contribution is 2.30. The molecule has 0 saturated carbocycles. The van der Waals surface area contributed by atoms with E-state index in [-0.39, 0.29) is 6.09 Å². The number of carbonyl (C=O) groups excluding carboxylic acids is 1. The van der Waals surface area contributed by atoms with Crippen molar-refractivity contribution in [1.82, 2.24) is 4.98 Å². The highest BCUT2D eigenvalue weighted by atomic mass is 127. The molecule has 118 valence electrons. The molecule has 0 aliphatic heterocycles. The number of ether oxygens (including phenoxy) is 1. The molecule has 0 bridgehead atoms. The third kappa shape index (κ3) is 3.90. The standard InChI is InChI=1S/C16H18BrIN2O2/c1-5-20(15(21)22-16(2,3)4)12-9-10-7-6-8-11(18)13(10)14(17)19-12/h6-9H,5H2,1-4H3. The summed E-state index contributed by atoms with van der Waals surface area (Å²) in [6.45, 7) is 7.95. The molecule has 0 radical (unpaired) electrons. The monoisotopic (exact) mass is 476 g/mol. The molecule has 0 fully saturated rings. The topological polar surface area (TPSA) is 42.4 Å². The number of anilines is 1. The number of fused-ring (bicyclic) bond motifs is 1. The van der Waals surface area contributed by atoms with Crippen LogP contribution in [0.1, 0.15) is 27.7 Å². The first-order chi connectivity index (χ1) is 10.2. The van der Waals surface area contributed by atoms with Gasteiger partial charge in [-0.2, -0.15) is 0 Å². The third-order valence-electron chi connectivity index (χ3n) is 2.96. The first-order valence-electron chi connectivity index (χ1n) is 6.98. The molecule has 1 heterocycles. The van der Waals surface area contributed by atoms with E-state index < -0.39 is 5.60 Å². The van der Waals surface area contributed by atoms with Crippen LogP contribution in [0.15, 0.2) is 28.9 Å². The number of rotatable bonds is 2. The summed E-state index contributed by atoms with van der Waals surface area (Å²) in [4.78, 5) is 18.4. The summed E-state index contributed by atoms with van der Waals surface area (Å²) in [6.07, 6.45) is -0.389. The molecule has 0 aliphatic carbocycles. The Kier molecular flexibility index (Phi) is 5.32. The highest BCUT2D eigenvalue weighted by Gasteiger charge is 2.24. The van der Waals surface area contributed by atoms with Gasteiger partial charge in [-0.3, -0.25) is 4.90 Å². The summed E-state index contributed by atoms with van der Waals surface area (Å²) in [5.41, 5.74) is -0.534. The van der Waals surface area contributed by atoms with E-state index in [2.05, 4.69) is 43.5 Å². The molecule has 1 amide bonds. The molecular weight excluding hydrogens is 459 g/mol. The first kappa shape index (κ1) is 17.5. The molecule has 2 rings (SSSR count). The van der Waals surface area contributed by atoms with Crippen molar-refractivity contribution in [2.24, 2.45) is 0 Å². The zero-order valence-corrected chi connectivity index (χ0v) is 16.7. The lowest BCUT2D eigenvalue weighted by atomic mass is 10.2. The Morgan fingerprint density at radius 1 is 1.41 bits per heavy atom. The Labute approximate surface area is 152 Å². The number of halogens is 2. The Balaban J connectivity index is 2.46. The van der Waals surface area contributed by atoms with Crippen LogP contribution in [-0.2, 0) is 4.74 Å². The van der Waals surface area contributed by atoms with Gasteiger partial charge in [-0.15, -0.1) is 0 Å². The average molecular weight is 477 g/mol. The second-order valence-electron chi connectivity index (χ2n) is 5.83. The van der Waals surface area contributed by atoms with E-state index in [1.807, 2.05) is 52.0 Å². The first-order valence-corrected chi connectivity index (χ1v) is 8.85. The van der Waals surface area contributed by atoms with Crippen molar-refractivity contribution in [3.8, 4) is 0 Å². The summed E-state index contributed by atoms with van der Waals surface area (Å²) in [7, 11) is 0. The van der Waals surface area contributed by atoms with Gasteiger partial charge >= 0.3 is 6.09 Å². The summed E-state index contributed by atoms with van der Waals surface area (Å²) in [5.74, 6) is 0.582. The predicted molar refractivity (Wildman–Crippen MR) is 101 cm³/mol. The van der Waals surface area contributed by atoms with Crippen molar-refractivity contribution < 1.29 is 9.53 Å². The Bertz CT molecular complexity index is 713. The van der Waals surface area contributed by atoms with Gasteiger partial charge in [0, 0.05) is 15.5 Å². The van der Waals surface area contributed by atoms with E-state index >= 15 is 0 Å². The van der Waals surface area contributed by atoms with E-state index in [0.717, 1.165) is 18.9 Å². The van der Waals surface area contributed by atoms with Crippen LogP contribution >= 0.6 is 38.5 Å². The fraction of sp³-hybridized carbons (Fsp3) is 0.375. The zero-order chi connectivity index (χ0) is 16.5. The van der Waals surface area contributed by atoms with Crippen LogP contribution in [0.5, 0.6) is 0 Å². The summed E-state index contributed by atoms with van der Waals surface area (Å²) in [6, 6.07) is 7.94. The van der Waals surface area contributed by atoms with E-state index in [4.69, 9.17) is 4.74 Å². The van der Waals surface area contributed by atoms with Crippen molar-refractivity contribution in [3.63, 3.8) is 0 Å². The van der Waals surface area contributed by atoms with Gasteiger partial charge in [0.2, 0.25) is 0 Å². The van der Waals surface area contributed by atoms with Crippen LogP contribution in [-0.4, -0.2) is 23.2 Å². The third-order valence-corrected chi connectivity index (χ3v) is 4.43. The minimum Gasteiger partial charge on any atom is -0.443 e. The number of hydrogen-bond acceptors (Lipinski definition) is 3. The minimum absolute atomic E-state index is 0.389. The minimum atomic E-state index is -0.534. The molecular formula is C16H18BrIN2O2. The largest absolute Gasteiger partial charge is 0.443 e. The predicted octanol–water partition coefficient (Wildman–Crippen LogP) is 5.36. The number of benzene rings is 1. The molecule has 0 aliphatic rings. The SMILES string of the molecule is CCN(C(=O)OC(C)(C)C)c1cc2cccc(I)c2c(Br)n1. The highest BCUT2D eigenvalue weighted by molar-refractivity contribution is 14.1. The summed E-state index contributed by atoms with van der Waals surface area (Å²) >= 11 is 5.79. The van der Waals surface area contributed by atoms with Crippen LogP contribution in [0.25, 0.3) is 10.8 Å². The normalized spacial score (nSPS) is 11.5. The maximum atomic E-state index is 12.4. The number of aromatic nitrogens is 1. The lowest BCUT2D eigenvalue weighted by molar-refractivity contribution is 0.0581. The van der Waals surface area contributed by atoms with E-state index in [0.29, 0.717) is 12.4 Å². The van der Waals surface area contributed by atoms with Crippen LogP contribution in [0.2, 0.25) is 0 Å². The number of pyridine rings is 1. The Hall–Kier alpha value is -0.890. The quantitative estimate of drug-likeness (QED) is 0.432. The van der Waals surface area contributed by atoms with Crippen molar-refractivity contribution in [1.29, 1.82) is 0 Å². The van der Waals surface area contributed by atoms with Crippen molar-refractivity contribution in [3.05, 3.63) is 32.4 Å². The van der Waals surface area contributed by atoms with E-state index in [1.54, 1.807) is 0 Å². The van der Waals surface area contributed by atoms with Gasteiger partial charge in [-0.25, -0.2) is 9.78 Å². The average Bonchev–Trinajstić information content (AvgIpc) is 2.37. The van der Waals surface area contributed by atoms with Crippen LogP contribution in [0.4, 0.5) is 10.6 Å². The lowest BCUT2D eigenvalue weighted by Crippen LogP contribution is -2.37. The number of carbonyl (C=O) groups is 1. The van der Waals surface area contributed by atoms with E-state index in [9.17, 15) is 4.79 Å². The summed E-state index contributed by atoms with van der Waals surface area (Å²) in [5, 5.41) is 2.08. The molecule has 0 spiro atoms. The molecule has 0 atom stereocenters. The van der Waals surface area contributed by atoms with Crippen LogP contribution < -0.4 is 4.90 Å². The molecule has 22 heavy (non-hydrogen) atoms. The van der Waals surface area contributed by atoms with Gasteiger partial charge in [0.1, 0.15) is 16.0 Å². The van der Waals surface area contributed by atoms with Gasteiger partial charge in [-0.1, -0.05) is 12.1 Å². The van der Waals surface area contributed by atoms with Crippen molar-refractivity contribution in [2.75, 3.05) is 11.4 Å². The fourth-order valence-corrected chi connectivity index (χ4v) is 3.82. The van der Waals surface area contributed by atoms with Crippen molar-refractivity contribution >= 4 is 61.2 Å². The number of nitrogens with zero attached hydrogens (tertiary/aromatic N) is 2. The Morgan fingerprint density at radius 3 is 2.68 bits per heavy atom. The second kappa shape index (κ2) is 6.70. The number of amides is 1. The fourth-order valence-electron chi connectivity index (χ4n) is 2.05. The van der Waals surface area contributed by atoms with Gasteiger partial charge < -0.3 is 4.74 Å². The van der Waals surface area contributed by atoms with Gasteiger partial charge in [0.05, 0.1) is 0 Å². The van der Waals surface area contributed by atoms with Gasteiger partial charge in [0.15, 0.2) is 0 Å². The maximum Gasteiger partial charge on any atom is 0.415 e. The smallest absolute Gasteiger partial charge is 0.415 e. The summed E-state index contributed by atoms with van der Waals surface area (Å²) < 4.78 is 7.29. The Morgan fingerprint density at radius 2 is 2.09 bits per heavy atom. The van der Waals surface area contributed by atoms with Gasteiger partial charge in [0.25, 0.3) is 0 Å². The van der Waals surface area contributed by atoms with Gasteiger partial charge in [-0.05, 0) is 83.7 Å². The zero-order valence-electron chi connectivity index (χ0n) is 13.0. The molecule has 1 aromatic carbocycles. The molecule has 0 N–H and O–H groups in total. The molecule has 0 saturated heterocycles.